The van der Waals surface area contributed by atoms with Crippen molar-refractivity contribution in [3.8, 4) is 0 Å². The van der Waals surface area contributed by atoms with E-state index in [1.54, 1.807) is 6.92 Å². The number of anilines is 1. The normalized spacial score (nSPS) is 14.2. The van der Waals surface area contributed by atoms with E-state index in [1.807, 2.05) is 6.26 Å². The predicted molar refractivity (Wildman–Crippen MR) is 78.2 cm³/mol. The van der Waals surface area contributed by atoms with Crippen molar-refractivity contribution in [2.75, 3.05) is 23.9 Å². The van der Waals surface area contributed by atoms with Crippen molar-refractivity contribution < 1.29 is 14.4 Å². The van der Waals surface area contributed by atoms with Gasteiger partial charge in [-0.05, 0) is 19.2 Å². The SMILES string of the molecule is CSCC(C)(O)CNc1nc2cc([N+](=O)[O-])ccc2o1. The number of hydrogen-bond acceptors (Lipinski definition) is 7. The van der Waals surface area contributed by atoms with Gasteiger partial charge in [-0.1, -0.05) is 0 Å². The van der Waals surface area contributed by atoms with Crippen LogP contribution >= 0.6 is 11.8 Å². The number of fused-ring (bicyclic) bond motifs is 1. The highest BCUT2D eigenvalue weighted by molar-refractivity contribution is 7.98. The molecule has 0 aliphatic carbocycles. The highest BCUT2D eigenvalue weighted by atomic mass is 32.2. The molecule has 0 spiro atoms. The third kappa shape index (κ3) is 3.40. The summed E-state index contributed by atoms with van der Waals surface area (Å²) in [5.74, 6) is 0.575. The van der Waals surface area contributed by atoms with Crippen LogP contribution in [0.15, 0.2) is 22.6 Å². The highest BCUT2D eigenvalue weighted by Crippen LogP contribution is 2.24. The molecule has 0 aliphatic heterocycles. The summed E-state index contributed by atoms with van der Waals surface area (Å²) in [4.78, 5) is 14.3. The molecule has 2 rings (SSSR count). The lowest BCUT2D eigenvalue weighted by Gasteiger charge is -2.21. The fraction of sp³-hybridized carbons (Fsp3) is 0.417. The van der Waals surface area contributed by atoms with E-state index in [-0.39, 0.29) is 18.2 Å². The van der Waals surface area contributed by atoms with Gasteiger partial charge in [0.25, 0.3) is 11.7 Å². The number of non-ortho nitro benzene ring substituents is 1. The Hall–Kier alpha value is -1.80. The van der Waals surface area contributed by atoms with Crippen molar-refractivity contribution in [3.05, 3.63) is 28.3 Å². The molecule has 0 fully saturated rings. The van der Waals surface area contributed by atoms with Crippen LogP contribution in [0.3, 0.4) is 0 Å². The van der Waals surface area contributed by atoms with Gasteiger partial charge in [-0.25, -0.2) is 0 Å². The number of nitrogens with one attached hydrogen (secondary N) is 1. The zero-order valence-electron chi connectivity index (χ0n) is 11.1. The molecule has 0 aliphatic rings. The number of oxazole rings is 1. The Balaban J connectivity index is 2.14. The molecule has 2 aromatic rings. The molecule has 2 N–H and O–H groups in total. The van der Waals surface area contributed by atoms with E-state index in [0.717, 1.165) is 0 Å². The summed E-state index contributed by atoms with van der Waals surface area (Å²) < 4.78 is 5.41. The lowest BCUT2D eigenvalue weighted by atomic mass is 10.1. The molecule has 0 saturated heterocycles. The Labute approximate surface area is 119 Å². The second-order valence-corrected chi connectivity index (χ2v) is 5.58. The van der Waals surface area contributed by atoms with Crippen molar-refractivity contribution in [3.63, 3.8) is 0 Å². The summed E-state index contributed by atoms with van der Waals surface area (Å²) in [6.45, 7) is 1.99. The number of benzene rings is 1. The molecule has 1 atom stereocenters. The summed E-state index contributed by atoms with van der Waals surface area (Å²) in [5, 5.41) is 23.6. The van der Waals surface area contributed by atoms with Gasteiger partial charge < -0.3 is 14.8 Å². The monoisotopic (exact) mass is 297 g/mol. The van der Waals surface area contributed by atoms with Gasteiger partial charge in [0.1, 0.15) is 5.52 Å². The first-order valence-corrected chi connectivity index (χ1v) is 7.31. The number of hydrogen-bond donors (Lipinski definition) is 2. The number of nitrogens with zero attached hydrogens (tertiary/aromatic N) is 2. The van der Waals surface area contributed by atoms with Gasteiger partial charge >= 0.3 is 0 Å². The standard InChI is InChI=1S/C12H15N3O4S/c1-12(16,7-20-2)6-13-11-14-9-5-8(15(17)18)3-4-10(9)19-11/h3-5,16H,6-7H2,1-2H3,(H,13,14). The van der Waals surface area contributed by atoms with Crippen molar-refractivity contribution in [1.29, 1.82) is 0 Å². The lowest BCUT2D eigenvalue weighted by molar-refractivity contribution is -0.384. The Bertz CT molecular complexity index is 626. The molecule has 108 valence electrons. The van der Waals surface area contributed by atoms with E-state index in [0.29, 0.717) is 16.9 Å². The summed E-state index contributed by atoms with van der Waals surface area (Å²) >= 11 is 1.54. The van der Waals surface area contributed by atoms with Gasteiger partial charge in [0, 0.05) is 24.4 Å². The molecule has 8 heteroatoms. The van der Waals surface area contributed by atoms with E-state index in [4.69, 9.17) is 4.42 Å². The third-order valence-corrected chi connectivity index (χ3v) is 3.57. The van der Waals surface area contributed by atoms with Crippen LogP contribution < -0.4 is 5.32 Å². The second-order valence-electron chi connectivity index (χ2n) is 4.71. The van der Waals surface area contributed by atoms with E-state index >= 15 is 0 Å². The molecule has 1 heterocycles. The zero-order chi connectivity index (χ0) is 14.8. The number of rotatable bonds is 6. The molecule has 1 aromatic heterocycles. The minimum Gasteiger partial charge on any atom is -0.424 e. The van der Waals surface area contributed by atoms with Crippen LogP contribution in [0.4, 0.5) is 11.7 Å². The quantitative estimate of drug-likeness (QED) is 0.623. The molecule has 0 saturated carbocycles. The molecule has 0 amide bonds. The minimum atomic E-state index is -0.883. The molecular weight excluding hydrogens is 282 g/mol. The molecule has 7 nitrogen and oxygen atoms in total. The first-order chi connectivity index (χ1) is 9.41. The van der Waals surface area contributed by atoms with Crippen LogP contribution in [0.1, 0.15) is 6.92 Å². The summed E-state index contributed by atoms with van der Waals surface area (Å²) in [6, 6.07) is 4.46. The van der Waals surface area contributed by atoms with Crippen LogP contribution in [0, 0.1) is 10.1 Å². The number of aromatic nitrogens is 1. The molecule has 20 heavy (non-hydrogen) atoms. The Morgan fingerprint density at radius 2 is 2.35 bits per heavy atom. The van der Waals surface area contributed by atoms with Crippen LogP contribution in [-0.2, 0) is 0 Å². The molecule has 0 radical (unpaired) electrons. The van der Waals surface area contributed by atoms with E-state index in [2.05, 4.69) is 10.3 Å². The Morgan fingerprint density at radius 1 is 1.60 bits per heavy atom. The first kappa shape index (κ1) is 14.6. The number of nitro benzene ring substituents is 1. The second kappa shape index (κ2) is 5.68. The van der Waals surface area contributed by atoms with Crippen molar-refractivity contribution >= 4 is 34.6 Å². The summed E-state index contributed by atoms with van der Waals surface area (Å²) in [6.07, 6.45) is 1.91. The minimum absolute atomic E-state index is 0.0354. The van der Waals surface area contributed by atoms with Gasteiger partial charge in [0.2, 0.25) is 0 Å². The lowest BCUT2D eigenvalue weighted by Crippen LogP contribution is -2.36. The average Bonchev–Trinajstić information content (AvgIpc) is 2.78. The molecule has 0 bridgehead atoms. The maximum Gasteiger partial charge on any atom is 0.295 e. The topological polar surface area (TPSA) is 101 Å². The summed E-state index contributed by atoms with van der Waals surface area (Å²) in [5.41, 5.74) is -0.0490. The molecular formula is C12H15N3O4S. The number of aliphatic hydroxyl groups is 1. The Kier molecular flexibility index (Phi) is 4.15. The van der Waals surface area contributed by atoms with Crippen molar-refractivity contribution in [1.82, 2.24) is 4.98 Å². The van der Waals surface area contributed by atoms with Gasteiger partial charge in [0.05, 0.1) is 10.5 Å². The molecule has 1 unspecified atom stereocenters. The summed E-state index contributed by atoms with van der Waals surface area (Å²) in [7, 11) is 0. The maximum atomic E-state index is 10.7. The largest absolute Gasteiger partial charge is 0.424 e. The fourth-order valence-electron chi connectivity index (χ4n) is 1.73. The zero-order valence-corrected chi connectivity index (χ0v) is 11.9. The van der Waals surface area contributed by atoms with Gasteiger partial charge in [-0.15, -0.1) is 0 Å². The maximum absolute atomic E-state index is 10.7. The smallest absolute Gasteiger partial charge is 0.295 e. The fourth-order valence-corrected chi connectivity index (χ4v) is 2.46. The van der Waals surface area contributed by atoms with Crippen LogP contribution in [0.25, 0.3) is 11.1 Å². The van der Waals surface area contributed by atoms with E-state index in [9.17, 15) is 15.2 Å². The average molecular weight is 297 g/mol. The first-order valence-electron chi connectivity index (χ1n) is 5.91. The van der Waals surface area contributed by atoms with Crippen molar-refractivity contribution in [2.45, 2.75) is 12.5 Å². The predicted octanol–water partition coefficient (Wildman–Crippen LogP) is 2.26. The molecule has 1 aromatic carbocycles. The van der Waals surface area contributed by atoms with Crippen LogP contribution in [-0.4, -0.2) is 39.2 Å². The van der Waals surface area contributed by atoms with E-state index < -0.39 is 10.5 Å². The third-order valence-electron chi connectivity index (χ3n) is 2.66. The van der Waals surface area contributed by atoms with E-state index in [1.165, 1.54) is 30.0 Å². The van der Waals surface area contributed by atoms with Crippen LogP contribution in [0.5, 0.6) is 0 Å². The Morgan fingerprint density at radius 3 is 3.00 bits per heavy atom. The van der Waals surface area contributed by atoms with Gasteiger partial charge in [0.15, 0.2) is 5.58 Å². The van der Waals surface area contributed by atoms with Crippen LogP contribution in [0.2, 0.25) is 0 Å². The van der Waals surface area contributed by atoms with Gasteiger partial charge in [-0.2, -0.15) is 16.7 Å². The van der Waals surface area contributed by atoms with Crippen molar-refractivity contribution in [2.24, 2.45) is 0 Å². The number of thioether (sulfide) groups is 1. The highest BCUT2D eigenvalue weighted by Gasteiger charge is 2.20. The van der Waals surface area contributed by atoms with Gasteiger partial charge in [-0.3, -0.25) is 10.1 Å². The number of nitro groups is 1.